The number of imide groups is 1. The average Bonchev–Trinajstić information content (AvgIpc) is 3.22. The van der Waals surface area contributed by atoms with E-state index in [1.807, 2.05) is 6.07 Å². The zero-order chi connectivity index (χ0) is 25.3. The number of allylic oxidation sites excluding steroid dienone is 1. The number of anilines is 1. The molecule has 4 amide bonds. The number of hydrogen-bond acceptors (Lipinski definition) is 5. The standard InChI is InChI=1S/C26H25FN4O4/c1-26(2,35)15-29-24(33)31-23(18-8-6-16(14-28)7-9-18)22-20(10-11-21(22)32)30(25(31)34)19-5-3-4-17(12-19)13-27/h3-9,12,23,35H,10-11,13,15H2,1-2H3,(H,29,33). The smallest absolute Gasteiger partial charge is 0.337 e. The van der Waals surface area contributed by atoms with Gasteiger partial charge in [-0.1, -0.05) is 24.3 Å². The first-order valence-corrected chi connectivity index (χ1v) is 11.2. The molecule has 0 saturated heterocycles. The number of ketones is 1. The molecule has 35 heavy (non-hydrogen) atoms. The molecule has 8 nitrogen and oxygen atoms in total. The summed E-state index contributed by atoms with van der Waals surface area (Å²) in [5.41, 5.74) is 1.14. The van der Waals surface area contributed by atoms with Gasteiger partial charge in [-0.25, -0.2) is 18.9 Å². The van der Waals surface area contributed by atoms with Gasteiger partial charge in [-0.15, -0.1) is 0 Å². The molecule has 0 saturated carbocycles. The molecule has 9 heteroatoms. The predicted octanol–water partition coefficient (Wildman–Crippen LogP) is 4.11. The number of rotatable bonds is 5. The summed E-state index contributed by atoms with van der Waals surface area (Å²) in [5.74, 6) is -0.200. The van der Waals surface area contributed by atoms with E-state index in [0.717, 1.165) is 4.90 Å². The third-order valence-corrected chi connectivity index (χ3v) is 5.97. The second kappa shape index (κ2) is 9.31. The summed E-state index contributed by atoms with van der Waals surface area (Å²) in [6.07, 6.45) is 0.467. The molecule has 2 aromatic carbocycles. The number of Topliss-reactive ketones (excluding diaryl/α,β-unsaturated/α-hetero) is 1. The highest BCUT2D eigenvalue weighted by Gasteiger charge is 2.48. The van der Waals surface area contributed by atoms with Crippen LogP contribution >= 0.6 is 0 Å². The third-order valence-electron chi connectivity index (χ3n) is 5.97. The van der Waals surface area contributed by atoms with Crippen LogP contribution in [0.5, 0.6) is 0 Å². The molecule has 4 rings (SSSR count). The van der Waals surface area contributed by atoms with E-state index in [-0.39, 0.29) is 18.7 Å². The minimum Gasteiger partial charge on any atom is -0.389 e. The van der Waals surface area contributed by atoms with Gasteiger partial charge in [0.05, 0.1) is 29.0 Å². The number of hydrogen-bond donors (Lipinski definition) is 2. The van der Waals surface area contributed by atoms with Crippen LogP contribution in [0.4, 0.5) is 19.7 Å². The normalized spacial score (nSPS) is 18.0. The summed E-state index contributed by atoms with van der Waals surface area (Å²) in [7, 11) is 0. The molecule has 0 aromatic heterocycles. The number of benzene rings is 2. The lowest BCUT2D eigenvalue weighted by atomic mass is 9.92. The van der Waals surface area contributed by atoms with E-state index in [2.05, 4.69) is 5.32 Å². The van der Waals surface area contributed by atoms with E-state index in [0.29, 0.717) is 40.1 Å². The van der Waals surface area contributed by atoms with Crippen molar-refractivity contribution >= 4 is 23.5 Å². The fraction of sp³-hybridized carbons (Fsp3) is 0.308. The predicted molar refractivity (Wildman–Crippen MR) is 126 cm³/mol. The molecule has 0 radical (unpaired) electrons. The molecule has 180 valence electrons. The van der Waals surface area contributed by atoms with Gasteiger partial charge < -0.3 is 10.4 Å². The Kier molecular flexibility index (Phi) is 6.41. The number of nitrogens with zero attached hydrogens (tertiary/aromatic N) is 3. The van der Waals surface area contributed by atoms with Gasteiger partial charge in [0.25, 0.3) is 0 Å². The summed E-state index contributed by atoms with van der Waals surface area (Å²) in [6.45, 7) is 2.16. The lowest BCUT2D eigenvalue weighted by molar-refractivity contribution is -0.115. The topological polar surface area (TPSA) is 114 Å². The van der Waals surface area contributed by atoms with Crippen molar-refractivity contribution in [3.05, 3.63) is 76.5 Å². The van der Waals surface area contributed by atoms with E-state index in [9.17, 15) is 23.9 Å². The highest BCUT2D eigenvalue weighted by molar-refractivity contribution is 6.12. The first-order chi connectivity index (χ1) is 16.6. The van der Waals surface area contributed by atoms with Gasteiger partial charge in [-0.3, -0.25) is 9.69 Å². The molecule has 2 aliphatic rings. The molecule has 1 aliphatic carbocycles. The molecule has 1 aliphatic heterocycles. The summed E-state index contributed by atoms with van der Waals surface area (Å²) < 4.78 is 13.4. The Morgan fingerprint density at radius 1 is 1.20 bits per heavy atom. The number of amides is 4. The number of nitriles is 1. The highest BCUT2D eigenvalue weighted by Crippen LogP contribution is 2.45. The molecule has 0 fully saturated rings. The quantitative estimate of drug-likeness (QED) is 0.674. The van der Waals surface area contributed by atoms with E-state index in [4.69, 9.17) is 5.26 Å². The maximum atomic E-state index is 13.9. The van der Waals surface area contributed by atoms with E-state index in [1.165, 1.54) is 24.8 Å². The molecular formula is C26H25FN4O4. The largest absolute Gasteiger partial charge is 0.389 e. The Morgan fingerprint density at radius 3 is 2.54 bits per heavy atom. The van der Waals surface area contributed by atoms with E-state index < -0.39 is 30.4 Å². The lowest BCUT2D eigenvalue weighted by Gasteiger charge is -2.41. The van der Waals surface area contributed by atoms with Gasteiger partial charge in [0.2, 0.25) is 0 Å². The maximum Gasteiger partial charge on any atom is 0.337 e. The minimum atomic E-state index is -1.23. The summed E-state index contributed by atoms with van der Waals surface area (Å²) in [6, 6.07) is 12.2. The van der Waals surface area contributed by atoms with Crippen LogP contribution < -0.4 is 10.2 Å². The van der Waals surface area contributed by atoms with Crippen LogP contribution in [-0.4, -0.2) is 40.0 Å². The number of alkyl halides is 1. The number of carbonyl (C=O) groups is 3. The number of halogens is 1. The molecule has 2 aromatic rings. The van der Waals surface area contributed by atoms with Crippen molar-refractivity contribution in [2.45, 2.75) is 45.0 Å². The number of nitrogens with one attached hydrogen (secondary N) is 1. The lowest BCUT2D eigenvalue weighted by Crippen LogP contribution is -2.56. The number of carbonyl (C=O) groups excluding carboxylic acids is 3. The summed E-state index contributed by atoms with van der Waals surface area (Å²) >= 11 is 0. The van der Waals surface area contributed by atoms with Gasteiger partial charge in [-0.05, 0) is 55.7 Å². The van der Waals surface area contributed by atoms with Crippen LogP contribution in [0, 0.1) is 11.3 Å². The van der Waals surface area contributed by atoms with Crippen LogP contribution in [0.3, 0.4) is 0 Å². The molecular weight excluding hydrogens is 451 g/mol. The maximum absolute atomic E-state index is 13.9. The summed E-state index contributed by atoms with van der Waals surface area (Å²) in [4.78, 5) is 42.6. The fourth-order valence-electron chi connectivity index (χ4n) is 4.35. The van der Waals surface area contributed by atoms with Gasteiger partial charge >= 0.3 is 12.1 Å². The Bertz CT molecular complexity index is 1260. The minimum absolute atomic E-state index is 0.132. The second-order valence-corrected chi connectivity index (χ2v) is 9.18. The van der Waals surface area contributed by atoms with Crippen molar-refractivity contribution in [2.75, 3.05) is 11.4 Å². The molecule has 2 N–H and O–H groups in total. The molecule has 0 spiro atoms. The van der Waals surface area contributed by atoms with Gasteiger partial charge in [-0.2, -0.15) is 5.26 Å². The van der Waals surface area contributed by atoms with Crippen LogP contribution in [0.1, 0.15) is 49.4 Å². The Hall–Kier alpha value is -4.03. The third kappa shape index (κ3) is 4.66. The van der Waals surface area contributed by atoms with Crippen molar-refractivity contribution in [2.24, 2.45) is 0 Å². The van der Waals surface area contributed by atoms with Crippen molar-refractivity contribution in [3.8, 4) is 6.07 Å². The van der Waals surface area contributed by atoms with Gasteiger partial charge in [0, 0.05) is 24.2 Å². The number of aliphatic hydroxyl groups is 1. The second-order valence-electron chi connectivity index (χ2n) is 9.18. The van der Waals surface area contributed by atoms with Crippen molar-refractivity contribution in [1.82, 2.24) is 10.2 Å². The highest BCUT2D eigenvalue weighted by atomic mass is 19.1. The first-order valence-electron chi connectivity index (χ1n) is 11.2. The zero-order valence-corrected chi connectivity index (χ0v) is 19.4. The molecule has 1 atom stereocenters. The summed E-state index contributed by atoms with van der Waals surface area (Å²) in [5, 5.41) is 21.8. The Balaban J connectivity index is 1.88. The van der Waals surface area contributed by atoms with Crippen LogP contribution in [0.25, 0.3) is 0 Å². The van der Waals surface area contributed by atoms with Crippen LogP contribution in [0.2, 0.25) is 0 Å². The van der Waals surface area contributed by atoms with E-state index >= 15 is 0 Å². The fourth-order valence-corrected chi connectivity index (χ4v) is 4.35. The molecule has 1 unspecified atom stereocenters. The SMILES string of the molecule is CC(C)(O)CNC(=O)N1C(=O)N(c2cccc(CF)c2)C2=C(C(=O)CC2)C1c1ccc(C#N)cc1. The zero-order valence-electron chi connectivity index (χ0n) is 19.4. The van der Waals surface area contributed by atoms with Gasteiger partial charge in [0.15, 0.2) is 5.78 Å². The Morgan fingerprint density at radius 2 is 1.91 bits per heavy atom. The number of urea groups is 2. The van der Waals surface area contributed by atoms with Crippen molar-refractivity contribution < 1.29 is 23.9 Å². The van der Waals surface area contributed by atoms with Crippen LogP contribution in [0.15, 0.2) is 59.8 Å². The van der Waals surface area contributed by atoms with Crippen molar-refractivity contribution in [3.63, 3.8) is 0 Å². The van der Waals surface area contributed by atoms with E-state index in [1.54, 1.807) is 42.5 Å². The average molecular weight is 477 g/mol. The van der Waals surface area contributed by atoms with Gasteiger partial charge in [0.1, 0.15) is 6.67 Å². The molecule has 0 bridgehead atoms. The Labute approximate surface area is 202 Å². The van der Waals surface area contributed by atoms with Crippen LogP contribution in [-0.2, 0) is 11.5 Å². The monoisotopic (exact) mass is 476 g/mol. The first kappa shape index (κ1) is 24.1. The van der Waals surface area contributed by atoms with Crippen molar-refractivity contribution in [1.29, 1.82) is 5.26 Å². The molecule has 1 heterocycles.